The van der Waals surface area contributed by atoms with Crippen LogP contribution in [0.4, 0.5) is 0 Å². The van der Waals surface area contributed by atoms with Crippen LogP contribution in [0.5, 0.6) is 0 Å². The molecule has 1 unspecified atom stereocenters. The van der Waals surface area contributed by atoms with Gasteiger partial charge in [-0.25, -0.2) is 0 Å². The van der Waals surface area contributed by atoms with Crippen LogP contribution in [0.25, 0.3) is 0 Å². The largest absolute Gasteiger partial charge is 0.325 e. The van der Waals surface area contributed by atoms with Crippen molar-refractivity contribution in [3.8, 4) is 0 Å². The average molecular weight is 210 g/mol. The molecule has 0 bridgehead atoms. The van der Waals surface area contributed by atoms with Crippen molar-refractivity contribution in [2.24, 2.45) is 5.73 Å². The summed E-state index contributed by atoms with van der Waals surface area (Å²) < 4.78 is 0. The summed E-state index contributed by atoms with van der Waals surface area (Å²) in [4.78, 5) is 2.64. The van der Waals surface area contributed by atoms with Gasteiger partial charge in [0.15, 0.2) is 0 Å². The lowest BCUT2D eigenvalue weighted by Crippen LogP contribution is -2.39. The molecule has 15 heavy (non-hydrogen) atoms. The molecule has 0 radical (unpaired) electrons. The number of hydrogen-bond acceptors (Lipinski definition) is 2. The van der Waals surface area contributed by atoms with Gasteiger partial charge in [0.1, 0.15) is 0 Å². The predicted molar refractivity (Wildman–Crippen MR) is 64.9 cm³/mol. The molecule has 1 saturated carbocycles. The smallest absolute Gasteiger partial charge is 0.0154 e. The van der Waals surface area contributed by atoms with Gasteiger partial charge >= 0.3 is 0 Å². The van der Waals surface area contributed by atoms with E-state index in [9.17, 15) is 0 Å². The first-order chi connectivity index (χ1) is 7.23. The maximum absolute atomic E-state index is 6.41. The summed E-state index contributed by atoms with van der Waals surface area (Å²) >= 11 is 0. The maximum Gasteiger partial charge on any atom is 0.0154 e. The first-order valence-corrected chi connectivity index (χ1v) is 6.76. The molecule has 1 atom stereocenters. The van der Waals surface area contributed by atoms with E-state index < -0.39 is 0 Å². The molecule has 0 aromatic heterocycles. The molecule has 1 aliphatic heterocycles. The average Bonchev–Trinajstić information content (AvgIpc) is 2.84. The Morgan fingerprint density at radius 1 is 1.27 bits per heavy atom. The van der Waals surface area contributed by atoms with Crippen LogP contribution < -0.4 is 5.73 Å². The molecule has 0 spiro atoms. The van der Waals surface area contributed by atoms with Gasteiger partial charge in [-0.1, -0.05) is 19.8 Å². The Labute approximate surface area is 94.2 Å². The highest BCUT2D eigenvalue weighted by atomic mass is 15.2. The quantitative estimate of drug-likeness (QED) is 0.772. The highest BCUT2D eigenvalue weighted by molar-refractivity contribution is 4.91. The lowest BCUT2D eigenvalue weighted by atomic mass is 9.90. The minimum absolute atomic E-state index is 0.210. The zero-order chi connectivity index (χ0) is 10.7. The molecule has 1 heterocycles. The Morgan fingerprint density at radius 2 is 2.00 bits per heavy atom. The molecule has 88 valence electrons. The van der Waals surface area contributed by atoms with Crippen LogP contribution >= 0.6 is 0 Å². The second kappa shape index (κ2) is 4.84. The summed E-state index contributed by atoms with van der Waals surface area (Å²) in [7, 11) is 0. The number of nitrogens with zero attached hydrogens (tertiary/aromatic N) is 1. The van der Waals surface area contributed by atoms with Gasteiger partial charge in [-0.2, -0.15) is 0 Å². The normalized spacial score (nSPS) is 31.2. The van der Waals surface area contributed by atoms with Crippen molar-refractivity contribution < 1.29 is 0 Å². The summed E-state index contributed by atoms with van der Waals surface area (Å²) in [5.74, 6) is 0. The van der Waals surface area contributed by atoms with E-state index in [4.69, 9.17) is 5.73 Å². The molecular weight excluding hydrogens is 184 g/mol. The van der Waals surface area contributed by atoms with Crippen molar-refractivity contribution in [1.29, 1.82) is 0 Å². The van der Waals surface area contributed by atoms with Crippen molar-refractivity contribution in [1.82, 2.24) is 4.90 Å². The van der Waals surface area contributed by atoms with Gasteiger partial charge in [0, 0.05) is 11.6 Å². The molecule has 0 aromatic carbocycles. The lowest BCUT2D eigenvalue weighted by Gasteiger charge is -2.28. The fraction of sp³-hybridized carbons (Fsp3) is 1.00. The van der Waals surface area contributed by atoms with Gasteiger partial charge in [-0.05, 0) is 51.6 Å². The summed E-state index contributed by atoms with van der Waals surface area (Å²) in [6, 6.07) is 0.844. The van der Waals surface area contributed by atoms with Crippen LogP contribution in [0.15, 0.2) is 0 Å². The van der Waals surface area contributed by atoms with E-state index in [-0.39, 0.29) is 5.54 Å². The minimum Gasteiger partial charge on any atom is -0.325 e. The molecule has 0 amide bonds. The van der Waals surface area contributed by atoms with E-state index in [1.807, 2.05) is 0 Å². The van der Waals surface area contributed by atoms with Crippen molar-refractivity contribution in [3.05, 3.63) is 0 Å². The van der Waals surface area contributed by atoms with E-state index in [1.165, 1.54) is 64.5 Å². The standard InChI is InChI=1S/C13H26N2/c1-2-15-11-5-6-12(15)7-10-13(14)8-3-4-9-13/h12H,2-11,14H2,1H3. The third-order valence-corrected chi connectivity index (χ3v) is 4.48. The van der Waals surface area contributed by atoms with Crippen LogP contribution in [0.1, 0.15) is 58.3 Å². The molecule has 1 aliphatic carbocycles. The minimum atomic E-state index is 0.210. The van der Waals surface area contributed by atoms with Crippen molar-refractivity contribution in [2.45, 2.75) is 69.9 Å². The highest BCUT2D eigenvalue weighted by Crippen LogP contribution is 2.33. The van der Waals surface area contributed by atoms with E-state index in [2.05, 4.69) is 11.8 Å². The molecule has 2 nitrogen and oxygen atoms in total. The zero-order valence-corrected chi connectivity index (χ0v) is 10.2. The second-order valence-electron chi connectivity index (χ2n) is 5.53. The Balaban J connectivity index is 1.77. The number of likely N-dealkylation sites (tertiary alicyclic amines) is 1. The van der Waals surface area contributed by atoms with E-state index in [1.54, 1.807) is 0 Å². The van der Waals surface area contributed by atoms with E-state index >= 15 is 0 Å². The van der Waals surface area contributed by atoms with Gasteiger partial charge in [0.2, 0.25) is 0 Å². The number of hydrogen-bond donors (Lipinski definition) is 1. The molecule has 2 rings (SSSR count). The molecule has 0 aromatic rings. The highest BCUT2D eigenvalue weighted by Gasteiger charge is 2.31. The van der Waals surface area contributed by atoms with Gasteiger partial charge in [-0.3, -0.25) is 0 Å². The molecule has 2 fully saturated rings. The van der Waals surface area contributed by atoms with Crippen LogP contribution in [-0.4, -0.2) is 29.6 Å². The van der Waals surface area contributed by atoms with Gasteiger partial charge in [0.05, 0.1) is 0 Å². The monoisotopic (exact) mass is 210 g/mol. The molecular formula is C13H26N2. The summed E-state index contributed by atoms with van der Waals surface area (Å²) in [5, 5.41) is 0. The fourth-order valence-electron chi connectivity index (χ4n) is 3.42. The molecule has 2 heteroatoms. The van der Waals surface area contributed by atoms with Gasteiger partial charge < -0.3 is 10.6 Å². The number of rotatable bonds is 4. The maximum atomic E-state index is 6.41. The SMILES string of the molecule is CCN1CCCC1CCC1(N)CCCC1. The van der Waals surface area contributed by atoms with Crippen molar-refractivity contribution in [3.63, 3.8) is 0 Å². The van der Waals surface area contributed by atoms with Gasteiger partial charge in [0.25, 0.3) is 0 Å². The molecule has 1 saturated heterocycles. The van der Waals surface area contributed by atoms with E-state index in [0.29, 0.717) is 0 Å². The summed E-state index contributed by atoms with van der Waals surface area (Å²) in [5.41, 5.74) is 6.62. The Bertz CT molecular complexity index is 197. The lowest BCUT2D eigenvalue weighted by molar-refractivity contribution is 0.234. The first-order valence-electron chi connectivity index (χ1n) is 6.76. The van der Waals surface area contributed by atoms with Crippen LogP contribution in [0.3, 0.4) is 0 Å². The number of nitrogens with two attached hydrogens (primary N) is 1. The zero-order valence-electron chi connectivity index (χ0n) is 10.2. The topological polar surface area (TPSA) is 29.3 Å². The predicted octanol–water partition coefficient (Wildman–Crippen LogP) is 2.52. The molecule has 2 aliphatic rings. The fourth-order valence-corrected chi connectivity index (χ4v) is 3.42. The second-order valence-corrected chi connectivity index (χ2v) is 5.53. The first kappa shape index (κ1) is 11.4. The molecule has 2 N–H and O–H groups in total. The third-order valence-electron chi connectivity index (χ3n) is 4.48. The summed E-state index contributed by atoms with van der Waals surface area (Å²) in [6.07, 6.45) is 10.7. The van der Waals surface area contributed by atoms with E-state index in [0.717, 1.165) is 6.04 Å². The van der Waals surface area contributed by atoms with Crippen LogP contribution in [-0.2, 0) is 0 Å². The van der Waals surface area contributed by atoms with Crippen LogP contribution in [0.2, 0.25) is 0 Å². The van der Waals surface area contributed by atoms with Crippen LogP contribution in [0, 0.1) is 0 Å². The van der Waals surface area contributed by atoms with Crippen molar-refractivity contribution in [2.75, 3.05) is 13.1 Å². The Hall–Kier alpha value is -0.0800. The summed E-state index contributed by atoms with van der Waals surface area (Å²) in [6.45, 7) is 4.83. The van der Waals surface area contributed by atoms with Crippen molar-refractivity contribution >= 4 is 0 Å². The Morgan fingerprint density at radius 3 is 2.67 bits per heavy atom. The Kier molecular flexibility index (Phi) is 3.68. The third kappa shape index (κ3) is 2.73. The van der Waals surface area contributed by atoms with Gasteiger partial charge in [-0.15, -0.1) is 0 Å².